The van der Waals surface area contributed by atoms with Gasteiger partial charge < -0.3 is 20.1 Å². The lowest BCUT2D eigenvalue weighted by Crippen LogP contribution is -2.48. The molecule has 2 spiro atoms. The van der Waals surface area contributed by atoms with Crippen LogP contribution in [0.15, 0.2) is 0 Å². The highest BCUT2D eigenvalue weighted by Gasteiger charge is 2.96. The summed E-state index contributed by atoms with van der Waals surface area (Å²) in [7, 11) is 0. The number of hydrogen-bond donors (Lipinski definition) is 3. The Kier molecular flexibility index (Phi) is 2.67. The van der Waals surface area contributed by atoms with E-state index < -0.39 is 40.3 Å². The van der Waals surface area contributed by atoms with E-state index in [1.165, 1.54) is 0 Å². The van der Waals surface area contributed by atoms with Gasteiger partial charge >= 0.3 is 0 Å². The molecule has 1 saturated heterocycles. The summed E-state index contributed by atoms with van der Waals surface area (Å²) >= 11 is 0. The van der Waals surface area contributed by atoms with Crippen molar-refractivity contribution in [3.8, 4) is 0 Å². The standard InChI is InChI=1S/C20H30O5/c1-9(2)10-6-7-19-8-11-17(4,24)14(23)15-20(11,25-15)18(19,5)13(22)12(21)16(10,19)3/h9-12,14-15,21,23-24H,6-8H2,1-5H3. The fourth-order valence-electron chi connectivity index (χ4n) is 8.64. The number of aliphatic hydroxyl groups excluding tert-OH is 2. The lowest BCUT2D eigenvalue weighted by atomic mass is 9.55. The monoisotopic (exact) mass is 350 g/mol. The Morgan fingerprint density at radius 1 is 1.20 bits per heavy atom. The van der Waals surface area contributed by atoms with Crippen LogP contribution in [0.2, 0.25) is 0 Å². The number of aliphatic hydroxyl groups is 3. The van der Waals surface area contributed by atoms with Crippen molar-refractivity contribution < 1.29 is 24.9 Å². The van der Waals surface area contributed by atoms with Gasteiger partial charge in [-0.15, -0.1) is 0 Å². The van der Waals surface area contributed by atoms with Crippen LogP contribution in [0.5, 0.6) is 0 Å². The van der Waals surface area contributed by atoms with E-state index in [9.17, 15) is 20.1 Å². The summed E-state index contributed by atoms with van der Waals surface area (Å²) in [5.74, 6) is 0.270. The number of hydrogen-bond acceptors (Lipinski definition) is 5. The molecule has 0 radical (unpaired) electrons. The predicted octanol–water partition coefficient (Wildman–Crippen LogP) is 1.28. The summed E-state index contributed by atoms with van der Waals surface area (Å²) in [6.07, 6.45) is 0.0693. The first-order valence-electron chi connectivity index (χ1n) is 9.75. The van der Waals surface area contributed by atoms with E-state index in [4.69, 9.17) is 4.74 Å². The molecule has 0 bridgehead atoms. The molecule has 0 aromatic carbocycles. The van der Waals surface area contributed by atoms with Gasteiger partial charge in [-0.05, 0) is 50.4 Å². The van der Waals surface area contributed by atoms with Gasteiger partial charge in [-0.25, -0.2) is 0 Å². The van der Waals surface area contributed by atoms with Crippen molar-refractivity contribution in [1.82, 2.24) is 0 Å². The summed E-state index contributed by atoms with van der Waals surface area (Å²) < 4.78 is 6.05. The van der Waals surface area contributed by atoms with E-state index in [-0.39, 0.29) is 23.0 Å². The molecule has 25 heavy (non-hydrogen) atoms. The van der Waals surface area contributed by atoms with Crippen molar-refractivity contribution in [1.29, 1.82) is 0 Å². The van der Waals surface area contributed by atoms with Crippen LogP contribution in [0.1, 0.15) is 53.9 Å². The first kappa shape index (κ1) is 16.7. The molecule has 140 valence electrons. The largest absolute Gasteiger partial charge is 0.387 e. The number of Topliss-reactive ketones (excluding diaryl/α,β-unsaturated/α-hetero) is 1. The van der Waals surface area contributed by atoms with E-state index in [1.54, 1.807) is 6.92 Å². The molecule has 5 heteroatoms. The lowest BCUT2D eigenvalue weighted by Gasteiger charge is -2.47. The number of epoxide rings is 1. The molecule has 5 fully saturated rings. The quantitative estimate of drug-likeness (QED) is 0.620. The Balaban J connectivity index is 1.74. The third-order valence-electron chi connectivity index (χ3n) is 9.88. The molecule has 0 aromatic heterocycles. The summed E-state index contributed by atoms with van der Waals surface area (Å²) in [5, 5.41) is 32.7. The molecule has 5 nitrogen and oxygen atoms in total. The van der Waals surface area contributed by atoms with Crippen LogP contribution >= 0.6 is 0 Å². The number of rotatable bonds is 1. The highest BCUT2D eigenvalue weighted by atomic mass is 16.6. The van der Waals surface area contributed by atoms with Crippen LogP contribution in [0.3, 0.4) is 0 Å². The van der Waals surface area contributed by atoms with Crippen LogP contribution in [-0.2, 0) is 9.53 Å². The fraction of sp³-hybridized carbons (Fsp3) is 0.950. The SMILES string of the molecule is CC(C)C1CCC23CC4C(C)(O)C(O)C5OC54C2(C)C(=O)C(O)C13C. The Hall–Kier alpha value is -0.490. The van der Waals surface area contributed by atoms with E-state index in [0.29, 0.717) is 12.3 Å². The summed E-state index contributed by atoms with van der Waals surface area (Å²) in [6, 6.07) is 0. The Labute approximate surface area is 148 Å². The lowest BCUT2D eigenvalue weighted by molar-refractivity contribution is -0.142. The van der Waals surface area contributed by atoms with Crippen molar-refractivity contribution in [2.24, 2.45) is 34.0 Å². The normalized spacial score (nSPS) is 67.4. The number of carbonyl (C=O) groups is 1. The zero-order valence-electron chi connectivity index (χ0n) is 15.7. The van der Waals surface area contributed by atoms with Gasteiger partial charge in [0.15, 0.2) is 5.78 Å². The highest BCUT2D eigenvalue weighted by Crippen LogP contribution is 2.87. The molecule has 1 heterocycles. The molecule has 5 rings (SSSR count). The minimum atomic E-state index is -1.24. The van der Waals surface area contributed by atoms with E-state index in [2.05, 4.69) is 20.8 Å². The molecule has 0 aromatic rings. The van der Waals surface area contributed by atoms with Crippen LogP contribution in [0, 0.1) is 34.0 Å². The van der Waals surface area contributed by atoms with Gasteiger partial charge in [-0.1, -0.05) is 20.8 Å². The first-order valence-corrected chi connectivity index (χ1v) is 9.75. The molecule has 0 amide bonds. The van der Waals surface area contributed by atoms with Crippen molar-refractivity contribution in [2.45, 2.75) is 83.4 Å². The van der Waals surface area contributed by atoms with Crippen molar-refractivity contribution in [3.63, 3.8) is 0 Å². The topological polar surface area (TPSA) is 90.3 Å². The van der Waals surface area contributed by atoms with Crippen LogP contribution < -0.4 is 0 Å². The zero-order valence-corrected chi connectivity index (χ0v) is 15.7. The van der Waals surface area contributed by atoms with Gasteiger partial charge in [0.2, 0.25) is 0 Å². The van der Waals surface area contributed by atoms with Crippen LogP contribution in [0.4, 0.5) is 0 Å². The second kappa shape index (κ2) is 4.01. The number of ether oxygens (including phenoxy) is 1. The molecule has 1 aliphatic heterocycles. The van der Waals surface area contributed by atoms with Crippen LogP contribution in [0.25, 0.3) is 0 Å². The highest BCUT2D eigenvalue weighted by molar-refractivity contribution is 5.96. The van der Waals surface area contributed by atoms with Crippen molar-refractivity contribution in [3.05, 3.63) is 0 Å². The van der Waals surface area contributed by atoms with Gasteiger partial charge in [0.05, 0.1) is 11.0 Å². The average molecular weight is 350 g/mol. The van der Waals surface area contributed by atoms with Gasteiger partial charge in [-0.2, -0.15) is 0 Å². The predicted molar refractivity (Wildman–Crippen MR) is 89.6 cm³/mol. The van der Waals surface area contributed by atoms with E-state index >= 15 is 0 Å². The van der Waals surface area contributed by atoms with Gasteiger partial charge in [0, 0.05) is 11.3 Å². The van der Waals surface area contributed by atoms with Gasteiger partial charge in [0.25, 0.3) is 0 Å². The zero-order chi connectivity index (χ0) is 18.4. The molecular weight excluding hydrogens is 320 g/mol. The van der Waals surface area contributed by atoms with E-state index in [1.807, 2.05) is 6.92 Å². The average Bonchev–Trinajstić information content (AvgIpc) is 3.05. The molecule has 5 aliphatic rings. The Morgan fingerprint density at radius 2 is 1.84 bits per heavy atom. The third kappa shape index (κ3) is 1.22. The maximum Gasteiger partial charge on any atom is 0.171 e. The molecule has 3 N–H and O–H groups in total. The minimum absolute atomic E-state index is 0.129. The summed E-state index contributed by atoms with van der Waals surface area (Å²) in [5.41, 5.74) is -3.75. The van der Waals surface area contributed by atoms with Crippen LogP contribution in [-0.4, -0.2) is 50.6 Å². The third-order valence-corrected chi connectivity index (χ3v) is 9.88. The van der Waals surface area contributed by atoms with Crippen molar-refractivity contribution >= 4 is 5.78 Å². The Bertz CT molecular complexity index is 688. The number of carbonyl (C=O) groups excluding carboxylic acids is 1. The van der Waals surface area contributed by atoms with Gasteiger partial charge in [0.1, 0.15) is 23.9 Å². The molecule has 4 aliphatic carbocycles. The first-order chi connectivity index (χ1) is 11.4. The summed E-state index contributed by atoms with van der Waals surface area (Å²) in [4.78, 5) is 13.5. The smallest absolute Gasteiger partial charge is 0.171 e. The second-order valence-corrected chi connectivity index (χ2v) is 10.4. The van der Waals surface area contributed by atoms with Gasteiger partial charge in [-0.3, -0.25) is 4.79 Å². The molecule has 4 saturated carbocycles. The maximum absolute atomic E-state index is 13.5. The van der Waals surface area contributed by atoms with Crippen molar-refractivity contribution in [2.75, 3.05) is 0 Å². The number of ketones is 1. The maximum atomic E-state index is 13.5. The Morgan fingerprint density at radius 3 is 2.44 bits per heavy atom. The molecule has 10 unspecified atom stereocenters. The van der Waals surface area contributed by atoms with E-state index in [0.717, 1.165) is 12.8 Å². The minimum Gasteiger partial charge on any atom is -0.387 e. The fourth-order valence-corrected chi connectivity index (χ4v) is 8.64. The molecular formula is C20H30O5. The summed E-state index contributed by atoms with van der Waals surface area (Å²) in [6.45, 7) is 10.1. The molecule has 10 atom stereocenters. The second-order valence-electron chi connectivity index (χ2n) is 10.4.